The summed E-state index contributed by atoms with van der Waals surface area (Å²) in [6, 6.07) is 0. The van der Waals surface area contributed by atoms with E-state index < -0.39 is 21.7 Å². The summed E-state index contributed by atoms with van der Waals surface area (Å²) in [6.07, 6.45) is 1.34. The van der Waals surface area contributed by atoms with Crippen LogP contribution in [0.15, 0.2) is 12.7 Å². The first kappa shape index (κ1) is 16.0. The van der Waals surface area contributed by atoms with Crippen LogP contribution >= 0.6 is 0 Å². The molecular formula is C6H11NaO5S. The van der Waals surface area contributed by atoms with E-state index in [1.165, 1.54) is 6.08 Å². The van der Waals surface area contributed by atoms with Crippen LogP contribution in [-0.2, 0) is 14.9 Å². The Balaban J connectivity index is 0. The average Bonchev–Trinajstić information content (AvgIpc) is 1.78. The SMILES string of the molecule is C=CCOC(C)(O)CS(=O)(=O)[O-].[Na+]. The fourth-order valence-electron chi connectivity index (χ4n) is 0.608. The van der Waals surface area contributed by atoms with Gasteiger partial charge in [0.25, 0.3) is 0 Å². The maximum absolute atomic E-state index is 10.2. The summed E-state index contributed by atoms with van der Waals surface area (Å²) in [4.78, 5) is 0. The van der Waals surface area contributed by atoms with E-state index >= 15 is 0 Å². The first-order chi connectivity index (χ1) is 5.27. The molecule has 5 nitrogen and oxygen atoms in total. The molecule has 1 atom stereocenters. The van der Waals surface area contributed by atoms with Crippen molar-refractivity contribution in [3.8, 4) is 0 Å². The van der Waals surface area contributed by atoms with Crippen molar-refractivity contribution in [2.45, 2.75) is 12.7 Å². The largest absolute Gasteiger partial charge is 1.00 e. The summed E-state index contributed by atoms with van der Waals surface area (Å²) in [5.74, 6) is -2.90. The number of ether oxygens (including phenoxy) is 1. The molecule has 13 heavy (non-hydrogen) atoms. The second-order valence-corrected chi connectivity index (χ2v) is 3.88. The Morgan fingerprint density at radius 1 is 1.69 bits per heavy atom. The number of hydrogen-bond donors (Lipinski definition) is 1. The van der Waals surface area contributed by atoms with Crippen molar-refractivity contribution >= 4 is 10.1 Å². The number of aliphatic hydroxyl groups is 1. The van der Waals surface area contributed by atoms with Gasteiger partial charge in [0.05, 0.1) is 22.5 Å². The van der Waals surface area contributed by atoms with Crippen LogP contribution < -0.4 is 29.6 Å². The van der Waals surface area contributed by atoms with Crippen molar-refractivity contribution in [3.63, 3.8) is 0 Å². The molecule has 0 fully saturated rings. The van der Waals surface area contributed by atoms with Crippen LogP contribution in [-0.4, -0.2) is 36.2 Å². The van der Waals surface area contributed by atoms with Gasteiger partial charge in [-0.1, -0.05) is 6.08 Å². The standard InChI is InChI=1S/C6H12O5S.Na/c1-3-4-11-6(2,7)5-12(8,9)10;/h3,7H,1,4-5H2,2H3,(H,8,9,10);/q;+1/p-1. The number of hydrogen-bond acceptors (Lipinski definition) is 5. The minimum Gasteiger partial charge on any atom is -0.748 e. The van der Waals surface area contributed by atoms with E-state index in [2.05, 4.69) is 11.3 Å². The Hall–Kier alpha value is 0.570. The van der Waals surface area contributed by atoms with Crippen molar-refractivity contribution in [1.82, 2.24) is 0 Å². The minimum absolute atomic E-state index is 0. The zero-order chi connectivity index (χ0) is 9.83. The van der Waals surface area contributed by atoms with Crippen LogP contribution in [0.5, 0.6) is 0 Å². The first-order valence-electron chi connectivity index (χ1n) is 3.18. The third-order valence-electron chi connectivity index (χ3n) is 0.957. The molecule has 0 aromatic carbocycles. The summed E-state index contributed by atoms with van der Waals surface area (Å²) in [5, 5.41) is 9.13. The summed E-state index contributed by atoms with van der Waals surface area (Å²) < 4.78 is 35.2. The normalized spacial score (nSPS) is 15.6. The molecule has 0 heterocycles. The van der Waals surface area contributed by atoms with Gasteiger partial charge >= 0.3 is 29.6 Å². The van der Waals surface area contributed by atoms with Crippen molar-refractivity contribution in [3.05, 3.63) is 12.7 Å². The van der Waals surface area contributed by atoms with Gasteiger partial charge in [0.15, 0.2) is 5.79 Å². The van der Waals surface area contributed by atoms with Crippen LogP contribution in [0.1, 0.15) is 6.92 Å². The van der Waals surface area contributed by atoms with Gasteiger partial charge in [-0.3, -0.25) is 0 Å². The third kappa shape index (κ3) is 10.5. The minimum atomic E-state index is -4.47. The van der Waals surface area contributed by atoms with E-state index in [1.807, 2.05) is 0 Å². The van der Waals surface area contributed by atoms with E-state index in [-0.39, 0.29) is 36.2 Å². The summed E-state index contributed by atoms with van der Waals surface area (Å²) >= 11 is 0. The molecule has 0 spiro atoms. The molecule has 0 radical (unpaired) electrons. The average molecular weight is 218 g/mol. The molecule has 72 valence electrons. The molecular weight excluding hydrogens is 207 g/mol. The molecule has 0 aliphatic carbocycles. The molecule has 0 rings (SSSR count). The van der Waals surface area contributed by atoms with E-state index in [9.17, 15) is 13.0 Å². The molecule has 0 amide bonds. The van der Waals surface area contributed by atoms with Crippen molar-refractivity contribution in [2.75, 3.05) is 12.4 Å². The number of rotatable bonds is 5. The molecule has 0 bridgehead atoms. The van der Waals surface area contributed by atoms with E-state index in [1.54, 1.807) is 0 Å². The van der Waals surface area contributed by atoms with E-state index in [0.717, 1.165) is 6.92 Å². The van der Waals surface area contributed by atoms with E-state index in [4.69, 9.17) is 5.11 Å². The fraction of sp³-hybridized carbons (Fsp3) is 0.667. The Morgan fingerprint density at radius 3 is 2.46 bits per heavy atom. The van der Waals surface area contributed by atoms with Crippen molar-refractivity contribution in [1.29, 1.82) is 0 Å². The van der Waals surface area contributed by atoms with Gasteiger partial charge in [-0.2, -0.15) is 0 Å². The monoisotopic (exact) mass is 218 g/mol. The molecule has 0 saturated carbocycles. The van der Waals surface area contributed by atoms with Gasteiger partial charge in [-0.25, -0.2) is 8.42 Å². The molecule has 0 aromatic heterocycles. The zero-order valence-electron chi connectivity index (χ0n) is 7.69. The Labute approximate surface area is 99.8 Å². The predicted octanol–water partition coefficient (Wildman–Crippen LogP) is -3.55. The zero-order valence-corrected chi connectivity index (χ0v) is 10.5. The molecule has 1 N–H and O–H groups in total. The predicted molar refractivity (Wildman–Crippen MR) is 41.3 cm³/mol. The summed E-state index contributed by atoms with van der Waals surface area (Å²) in [6.45, 7) is 4.39. The summed E-state index contributed by atoms with van der Waals surface area (Å²) in [5.41, 5.74) is 0. The third-order valence-corrected chi connectivity index (χ3v) is 1.85. The van der Waals surface area contributed by atoms with Crippen molar-refractivity contribution in [2.24, 2.45) is 0 Å². The van der Waals surface area contributed by atoms with Crippen LogP contribution in [0, 0.1) is 0 Å². The molecule has 7 heteroatoms. The Morgan fingerprint density at radius 2 is 2.15 bits per heavy atom. The molecule has 0 aliphatic rings. The quantitative estimate of drug-likeness (QED) is 0.223. The Kier molecular flexibility index (Phi) is 7.55. The van der Waals surface area contributed by atoms with Crippen LogP contribution in [0.3, 0.4) is 0 Å². The van der Waals surface area contributed by atoms with Crippen molar-refractivity contribution < 1.29 is 52.4 Å². The van der Waals surface area contributed by atoms with Gasteiger partial charge in [-0.15, -0.1) is 6.58 Å². The molecule has 0 aromatic rings. The topological polar surface area (TPSA) is 86.7 Å². The maximum Gasteiger partial charge on any atom is 1.00 e. The van der Waals surface area contributed by atoms with Gasteiger partial charge in [0.2, 0.25) is 0 Å². The molecule has 0 aliphatic heterocycles. The maximum atomic E-state index is 10.2. The smallest absolute Gasteiger partial charge is 0.748 e. The van der Waals surface area contributed by atoms with Crippen LogP contribution in [0.2, 0.25) is 0 Å². The van der Waals surface area contributed by atoms with Gasteiger partial charge < -0.3 is 14.4 Å². The second-order valence-electron chi connectivity index (χ2n) is 2.48. The second kappa shape index (κ2) is 6.13. The fourth-order valence-corrected chi connectivity index (χ4v) is 1.35. The Bertz CT molecular complexity index is 246. The summed E-state index contributed by atoms with van der Waals surface area (Å²) in [7, 11) is -4.47. The molecule has 1 unspecified atom stereocenters. The van der Waals surface area contributed by atoms with Gasteiger partial charge in [0, 0.05) is 0 Å². The van der Waals surface area contributed by atoms with Crippen LogP contribution in [0.4, 0.5) is 0 Å². The van der Waals surface area contributed by atoms with E-state index in [0.29, 0.717) is 0 Å². The van der Waals surface area contributed by atoms with Gasteiger partial charge in [-0.05, 0) is 6.92 Å². The first-order valence-corrected chi connectivity index (χ1v) is 4.75. The van der Waals surface area contributed by atoms with Crippen LogP contribution in [0.25, 0.3) is 0 Å². The van der Waals surface area contributed by atoms with Gasteiger partial charge in [0.1, 0.15) is 0 Å². The molecule has 0 saturated heterocycles.